The van der Waals surface area contributed by atoms with Crippen LogP contribution in [0.4, 0.5) is 0 Å². The van der Waals surface area contributed by atoms with E-state index in [-0.39, 0.29) is 22.1 Å². The second kappa shape index (κ2) is 6.30. The van der Waals surface area contributed by atoms with E-state index in [1.807, 2.05) is 0 Å². The molecule has 1 fully saturated rings. The summed E-state index contributed by atoms with van der Waals surface area (Å²) in [7, 11) is -2.05. The van der Waals surface area contributed by atoms with Crippen molar-refractivity contribution in [3.05, 3.63) is 23.2 Å². The summed E-state index contributed by atoms with van der Waals surface area (Å²) in [6, 6.07) is 4.24. The molecular weight excluding hydrogens is 302 g/mol. The van der Waals surface area contributed by atoms with Crippen molar-refractivity contribution >= 4 is 21.6 Å². The maximum absolute atomic E-state index is 11.2. The molecule has 0 aromatic heterocycles. The first kappa shape index (κ1) is 15.6. The van der Waals surface area contributed by atoms with E-state index < -0.39 is 10.0 Å². The molecule has 1 aromatic rings. The number of ether oxygens (including phenoxy) is 2. The molecule has 0 radical (unpaired) electrons. The van der Waals surface area contributed by atoms with Crippen molar-refractivity contribution in [2.45, 2.75) is 42.8 Å². The predicted octanol–water partition coefficient (Wildman–Crippen LogP) is 2.32. The Hall–Kier alpha value is -0.820. The Bertz CT molecular complexity index is 576. The summed E-state index contributed by atoms with van der Waals surface area (Å²) in [5, 5.41) is 5.30. The SMILES string of the molecule is COC1CCCC(Oc2ccc(S(N)(=O)=O)cc2Cl)C1. The number of primary sulfonamides is 1. The second-order valence-electron chi connectivity index (χ2n) is 4.90. The van der Waals surface area contributed by atoms with E-state index in [0.29, 0.717) is 5.75 Å². The highest BCUT2D eigenvalue weighted by atomic mass is 35.5. The van der Waals surface area contributed by atoms with Gasteiger partial charge in [0.1, 0.15) is 11.9 Å². The third-order valence-corrected chi connectivity index (χ3v) is 4.64. The Kier molecular flexibility index (Phi) is 4.90. The van der Waals surface area contributed by atoms with Gasteiger partial charge in [-0.1, -0.05) is 11.6 Å². The van der Waals surface area contributed by atoms with Gasteiger partial charge in [-0.15, -0.1) is 0 Å². The molecule has 2 unspecified atom stereocenters. The highest BCUT2D eigenvalue weighted by molar-refractivity contribution is 7.89. The third-order valence-electron chi connectivity index (χ3n) is 3.44. The molecule has 5 nitrogen and oxygen atoms in total. The van der Waals surface area contributed by atoms with Crippen molar-refractivity contribution in [1.29, 1.82) is 0 Å². The van der Waals surface area contributed by atoms with Crippen LogP contribution in [0.1, 0.15) is 25.7 Å². The van der Waals surface area contributed by atoms with Gasteiger partial charge in [0, 0.05) is 13.5 Å². The molecular formula is C13H18ClNO4S. The molecule has 0 bridgehead atoms. The summed E-state index contributed by atoms with van der Waals surface area (Å²) in [5.41, 5.74) is 0. The number of sulfonamides is 1. The van der Waals surface area contributed by atoms with Gasteiger partial charge in [-0.2, -0.15) is 0 Å². The van der Waals surface area contributed by atoms with Gasteiger partial charge >= 0.3 is 0 Å². The largest absolute Gasteiger partial charge is 0.489 e. The predicted molar refractivity (Wildman–Crippen MR) is 76.5 cm³/mol. The van der Waals surface area contributed by atoms with Crippen LogP contribution in [0.5, 0.6) is 5.75 Å². The van der Waals surface area contributed by atoms with Gasteiger partial charge < -0.3 is 9.47 Å². The van der Waals surface area contributed by atoms with Gasteiger partial charge in [0.2, 0.25) is 10.0 Å². The van der Waals surface area contributed by atoms with Crippen molar-refractivity contribution in [1.82, 2.24) is 0 Å². The number of nitrogens with two attached hydrogens (primary N) is 1. The molecule has 112 valence electrons. The summed E-state index contributed by atoms with van der Waals surface area (Å²) in [6.45, 7) is 0. The van der Waals surface area contributed by atoms with E-state index >= 15 is 0 Å². The van der Waals surface area contributed by atoms with Gasteiger partial charge in [-0.25, -0.2) is 13.6 Å². The summed E-state index contributed by atoms with van der Waals surface area (Å²) in [4.78, 5) is -0.0201. The molecule has 1 aromatic carbocycles. The molecule has 0 heterocycles. The van der Waals surface area contributed by atoms with Crippen molar-refractivity contribution in [2.24, 2.45) is 5.14 Å². The molecule has 1 saturated carbocycles. The van der Waals surface area contributed by atoms with Crippen LogP contribution in [0.15, 0.2) is 23.1 Å². The van der Waals surface area contributed by atoms with Crippen LogP contribution in [0.25, 0.3) is 0 Å². The van der Waals surface area contributed by atoms with Gasteiger partial charge in [0.15, 0.2) is 0 Å². The number of hydrogen-bond acceptors (Lipinski definition) is 4. The van der Waals surface area contributed by atoms with Crippen LogP contribution in [-0.4, -0.2) is 27.7 Å². The lowest BCUT2D eigenvalue weighted by molar-refractivity contribution is 0.0210. The highest BCUT2D eigenvalue weighted by Gasteiger charge is 2.24. The lowest BCUT2D eigenvalue weighted by Crippen LogP contribution is -2.29. The smallest absolute Gasteiger partial charge is 0.238 e. The first-order valence-corrected chi connectivity index (χ1v) is 8.34. The summed E-state index contributed by atoms with van der Waals surface area (Å²) in [5.74, 6) is 0.473. The minimum absolute atomic E-state index is 0.0201. The van der Waals surface area contributed by atoms with Crippen LogP contribution in [-0.2, 0) is 14.8 Å². The van der Waals surface area contributed by atoms with Crippen molar-refractivity contribution in [3.63, 3.8) is 0 Å². The topological polar surface area (TPSA) is 78.6 Å². The van der Waals surface area contributed by atoms with E-state index in [1.165, 1.54) is 12.1 Å². The molecule has 2 rings (SSSR count). The monoisotopic (exact) mass is 319 g/mol. The summed E-state index contributed by atoms with van der Waals surface area (Å²) in [6.07, 6.45) is 4.06. The van der Waals surface area contributed by atoms with Crippen molar-refractivity contribution in [2.75, 3.05) is 7.11 Å². The second-order valence-corrected chi connectivity index (χ2v) is 6.87. The number of methoxy groups -OCH3 is 1. The van der Waals surface area contributed by atoms with Gasteiger partial charge in [-0.05, 0) is 37.5 Å². The molecule has 0 amide bonds. The molecule has 7 heteroatoms. The Balaban J connectivity index is 2.10. The lowest BCUT2D eigenvalue weighted by Gasteiger charge is -2.29. The number of benzene rings is 1. The Morgan fingerprint density at radius 1 is 1.30 bits per heavy atom. The van der Waals surface area contributed by atoms with Crippen LogP contribution < -0.4 is 9.88 Å². The number of hydrogen-bond donors (Lipinski definition) is 1. The number of rotatable bonds is 4. The standard InChI is InChI=1S/C13H18ClNO4S/c1-18-9-3-2-4-10(7-9)19-13-6-5-11(8-12(13)14)20(15,16)17/h5-6,8-10H,2-4,7H2,1H3,(H2,15,16,17). The maximum atomic E-state index is 11.2. The fraction of sp³-hybridized carbons (Fsp3) is 0.538. The van der Waals surface area contributed by atoms with E-state index in [0.717, 1.165) is 25.7 Å². The van der Waals surface area contributed by atoms with E-state index in [2.05, 4.69) is 0 Å². The third kappa shape index (κ3) is 3.85. The minimum Gasteiger partial charge on any atom is -0.489 e. The molecule has 2 N–H and O–H groups in total. The van der Waals surface area contributed by atoms with E-state index in [4.69, 9.17) is 26.2 Å². The molecule has 1 aliphatic carbocycles. The Morgan fingerprint density at radius 3 is 2.60 bits per heavy atom. The Labute approximate surface area is 124 Å². The lowest BCUT2D eigenvalue weighted by atomic mass is 9.95. The first-order valence-electron chi connectivity index (χ1n) is 6.42. The van der Waals surface area contributed by atoms with E-state index in [1.54, 1.807) is 13.2 Å². The van der Waals surface area contributed by atoms with Crippen molar-refractivity contribution in [3.8, 4) is 5.75 Å². The van der Waals surface area contributed by atoms with Gasteiger partial charge in [0.05, 0.1) is 16.0 Å². The highest BCUT2D eigenvalue weighted by Crippen LogP contribution is 2.31. The fourth-order valence-electron chi connectivity index (χ4n) is 2.36. The molecule has 0 spiro atoms. The average molecular weight is 320 g/mol. The number of halogens is 1. The van der Waals surface area contributed by atoms with Gasteiger partial charge in [-0.3, -0.25) is 0 Å². The molecule has 20 heavy (non-hydrogen) atoms. The minimum atomic E-state index is -3.75. The van der Waals surface area contributed by atoms with Crippen LogP contribution in [0, 0.1) is 0 Å². The van der Waals surface area contributed by atoms with Crippen molar-refractivity contribution < 1.29 is 17.9 Å². The zero-order valence-electron chi connectivity index (χ0n) is 11.2. The summed E-state index contributed by atoms with van der Waals surface area (Å²) < 4.78 is 33.6. The van der Waals surface area contributed by atoms with Crippen LogP contribution in [0.2, 0.25) is 5.02 Å². The van der Waals surface area contributed by atoms with E-state index in [9.17, 15) is 8.42 Å². The fourth-order valence-corrected chi connectivity index (χ4v) is 3.19. The van der Waals surface area contributed by atoms with Crippen LogP contribution in [0.3, 0.4) is 0 Å². The first-order chi connectivity index (χ1) is 9.40. The quantitative estimate of drug-likeness (QED) is 0.923. The van der Waals surface area contributed by atoms with Gasteiger partial charge in [0.25, 0.3) is 0 Å². The molecule has 2 atom stereocenters. The molecule has 1 aliphatic rings. The molecule has 0 aliphatic heterocycles. The zero-order valence-corrected chi connectivity index (χ0v) is 12.8. The average Bonchev–Trinajstić information content (AvgIpc) is 2.40. The normalized spacial score (nSPS) is 23.6. The summed E-state index contributed by atoms with van der Waals surface area (Å²) >= 11 is 6.05. The zero-order chi connectivity index (χ0) is 14.8. The molecule has 0 saturated heterocycles. The maximum Gasteiger partial charge on any atom is 0.238 e. The Morgan fingerprint density at radius 2 is 2.00 bits per heavy atom. The van der Waals surface area contributed by atoms with Crippen LogP contribution >= 0.6 is 11.6 Å².